The first-order valence-corrected chi connectivity index (χ1v) is 20.5. The molecule has 0 saturated carbocycles. The molecule has 0 aliphatic carbocycles. The molecule has 0 amide bonds. The highest BCUT2D eigenvalue weighted by Gasteiger charge is 2.28. The van der Waals surface area contributed by atoms with E-state index in [4.69, 9.17) is 24.8 Å². The molecule has 12 heteroatoms. The van der Waals surface area contributed by atoms with Gasteiger partial charge >= 0.3 is 25.7 Å². The lowest BCUT2D eigenvalue weighted by Crippen LogP contribution is -2.34. The van der Waals surface area contributed by atoms with Crippen LogP contribution in [0.4, 0.5) is 0 Å². The lowest BCUT2D eigenvalue weighted by atomic mass is 10.1. The molecule has 0 heterocycles. The van der Waals surface area contributed by atoms with Crippen LogP contribution >= 0.6 is 7.82 Å². The molecular weight excluding hydrogens is 661 g/mol. The van der Waals surface area contributed by atoms with Gasteiger partial charge in [0.25, 0.3) is 0 Å². The van der Waals surface area contributed by atoms with Gasteiger partial charge in [-0.3, -0.25) is 23.4 Å². The average molecular weight is 730 g/mol. The molecule has 3 unspecified atom stereocenters. The molecule has 4 N–H and O–H groups in total. The van der Waals surface area contributed by atoms with Gasteiger partial charge in [-0.05, 0) is 64.2 Å². The van der Waals surface area contributed by atoms with Crippen LogP contribution < -0.4 is 5.73 Å². The van der Waals surface area contributed by atoms with Crippen molar-refractivity contribution in [1.82, 2.24) is 0 Å². The SMILES string of the molecule is CCCC/C=C\CCCCCCCC(=O)OCC(COP(=O)(O)OCC(N)C(=O)O)OC(=O)CCCCCCC/C=C\C/C=C\CCCCC. The van der Waals surface area contributed by atoms with Gasteiger partial charge in [0.2, 0.25) is 0 Å². The number of esters is 2. The summed E-state index contributed by atoms with van der Waals surface area (Å²) in [5.41, 5.74) is 5.31. The summed E-state index contributed by atoms with van der Waals surface area (Å²) in [7, 11) is -4.71. The Kier molecular flexibility index (Phi) is 32.3. The van der Waals surface area contributed by atoms with Crippen LogP contribution in [0.1, 0.15) is 155 Å². The van der Waals surface area contributed by atoms with Crippen molar-refractivity contribution in [3.8, 4) is 0 Å². The van der Waals surface area contributed by atoms with Gasteiger partial charge in [0, 0.05) is 12.8 Å². The monoisotopic (exact) mass is 729 g/mol. The second-order valence-electron chi connectivity index (χ2n) is 12.7. The van der Waals surface area contributed by atoms with Gasteiger partial charge in [-0.25, -0.2) is 4.57 Å². The van der Waals surface area contributed by atoms with E-state index >= 15 is 0 Å². The van der Waals surface area contributed by atoms with Gasteiger partial charge in [0.15, 0.2) is 6.10 Å². The van der Waals surface area contributed by atoms with E-state index < -0.39 is 51.1 Å². The largest absolute Gasteiger partial charge is 0.480 e. The van der Waals surface area contributed by atoms with Crippen LogP contribution in [-0.2, 0) is 37.5 Å². The maximum atomic E-state index is 12.5. The highest BCUT2D eigenvalue weighted by Crippen LogP contribution is 2.43. The normalized spacial score (nSPS) is 14.3. The second kappa shape index (κ2) is 33.8. The predicted molar refractivity (Wildman–Crippen MR) is 199 cm³/mol. The topological polar surface area (TPSA) is 172 Å². The van der Waals surface area contributed by atoms with Crippen LogP contribution in [0.3, 0.4) is 0 Å². The number of phosphoric ester groups is 1. The summed E-state index contributed by atoms with van der Waals surface area (Å²) in [6, 6.07) is -1.52. The average Bonchev–Trinajstić information content (AvgIpc) is 3.09. The smallest absolute Gasteiger partial charge is 0.472 e. The highest BCUT2D eigenvalue weighted by atomic mass is 31.2. The number of carboxylic acids is 1. The molecule has 0 aliphatic heterocycles. The van der Waals surface area contributed by atoms with E-state index in [1.807, 2.05) is 0 Å². The molecule has 3 atom stereocenters. The van der Waals surface area contributed by atoms with E-state index in [9.17, 15) is 23.8 Å². The van der Waals surface area contributed by atoms with Crippen LogP contribution in [0.15, 0.2) is 36.5 Å². The van der Waals surface area contributed by atoms with Gasteiger partial charge in [0.1, 0.15) is 12.6 Å². The third-order valence-corrected chi connectivity index (χ3v) is 8.81. The van der Waals surface area contributed by atoms with Crippen molar-refractivity contribution >= 4 is 25.7 Å². The van der Waals surface area contributed by atoms with Crippen LogP contribution in [0, 0.1) is 0 Å². The quantitative estimate of drug-likeness (QED) is 0.0246. The van der Waals surface area contributed by atoms with Crippen molar-refractivity contribution in [2.45, 2.75) is 167 Å². The molecule has 0 fully saturated rings. The Morgan fingerprint density at radius 3 is 1.64 bits per heavy atom. The summed E-state index contributed by atoms with van der Waals surface area (Å²) >= 11 is 0. The Labute approximate surface area is 302 Å². The summed E-state index contributed by atoms with van der Waals surface area (Å²) in [6.07, 6.45) is 33.6. The third-order valence-electron chi connectivity index (χ3n) is 7.86. The van der Waals surface area contributed by atoms with Crippen molar-refractivity contribution in [2.75, 3.05) is 19.8 Å². The first-order valence-electron chi connectivity index (χ1n) is 19.0. The molecule has 0 aromatic carbocycles. The Morgan fingerprint density at radius 1 is 0.620 bits per heavy atom. The molecule has 0 aromatic heterocycles. The standard InChI is InChI=1S/C38H68NO10P/c1-3-5-7-9-11-13-15-16-17-18-20-22-24-26-28-30-37(41)49-34(32-47-50(44,45)48-33-35(39)38(42)43)31-46-36(40)29-27-25-23-21-19-14-12-10-8-6-4-2/h10-13,16-17,34-35H,3-9,14-15,18-33,39H2,1-2H3,(H,42,43)(H,44,45)/b12-10-,13-11-,17-16-. The van der Waals surface area contributed by atoms with Crippen molar-refractivity contribution in [2.24, 2.45) is 5.73 Å². The number of hydrogen-bond acceptors (Lipinski definition) is 9. The van der Waals surface area contributed by atoms with Gasteiger partial charge < -0.3 is 25.2 Å². The summed E-state index contributed by atoms with van der Waals surface area (Å²) < 4.78 is 32.5. The molecule has 290 valence electrons. The van der Waals surface area contributed by atoms with E-state index in [0.717, 1.165) is 83.5 Å². The van der Waals surface area contributed by atoms with E-state index in [0.29, 0.717) is 12.8 Å². The number of carbonyl (C=O) groups is 3. The third kappa shape index (κ3) is 32.9. The van der Waals surface area contributed by atoms with Crippen molar-refractivity contribution < 1.29 is 47.5 Å². The van der Waals surface area contributed by atoms with Crippen LogP contribution in [0.5, 0.6) is 0 Å². The number of unbranched alkanes of at least 4 members (excludes halogenated alkanes) is 15. The van der Waals surface area contributed by atoms with Crippen molar-refractivity contribution in [1.29, 1.82) is 0 Å². The van der Waals surface area contributed by atoms with Gasteiger partial charge in [-0.1, -0.05) is 115 Å². The Bertz CT molecular complexity index is 1000. The second-order valence-corrected chi connectivity index (χ2v) is 14.2. The van der Waals surface area contributed by atoms with Crippen LogP contribution in [-0.4, -0.2) is 59.9 Å². The maximum Gasteiger partial charge on any atom is 0.472 e. The minimum atomic E-state index is -4.71. The number of aliphatic carboxylic acids is 1. The fraction of sp³-hybridized carbons (Fsp3) is 0.763. The van der Waals surface area contributed by atoms with E-state index in [-0.39, 0.29) is 19.4 Å². The lowest BCUT2D eigenvalue weighted by molar-refractivity contribution is -0.161. The van der Waals surface area contributed by atoms with Crippen LogP contribution in [0.25, 0.3) is 0 Å². The number of carboxylic acid groups (broad SMARTS) is 1. The summed E-state index contributed by atoms with van der Waals surface area (Å²) in [5.74, 6) is -2.41. The molecule has 0 rings (SSSR count). The summed E-state index contributed by atoms with van der Waals surface area (Å²) in [5, 5.41) is 8.85. The fourth-order valence-corrected chi connectivity index (χ4v) is 5.56. The molecule has 0 spiro atoms. The van der Waals surface area contributed by atoms with Crippen molar-refractivity contribution in [3.05, 3.63) is 36.5 Å². The number of phosphoric acid groups is 1. The van der Waals surface area contributed by atoms with Crippen LogP contribution in [0.2, 0.25) is 0 Å². The first kappa shape index (κ1) is 47.7. The number of nitrogens with two attached hydrogens (primary N) is 1. The summed E-state index contributed by atoms with van der Waals surface area (Å²) in [6.45, 7) is 2.69. The molecule has 0 aromatic rings. The molecule has 0 aliphatic rings. The Balaban J connectivity index is 4.48. The molecule has 0 radical (unpaired) electrons. The summed E-state index contributed by atoms with van der Waals surface area (Å²) in [4.78, 5) is 45.7. The molecule has 0 saturated heterocycles. The number of allylic oxidation sites excluding steroid dienone is 6. The maximum absolute atomic E-state index is 12.5. The van der Waals surface area contributed by atoms with Gasteiger partial charge in [-0.2, -0.15) is 0 Å². The molecule has 50 heavy (non-hydrogen) atoms. The Morgan fingerprint density at radius 2 is 1.08 bits per heavy atom. The Hall–Kier alpha value is -2.30. The number of rotatable bonds is 35. The van der Waals surface area contributed by atoms with E-state index in [1.54, 1.807) is 0 Å². The number of ether oxygens (including phenoxy) is 2. The minimum absolute atomic E-state index is 0.143. The zero-order valence-electron chi connectivity index (χ0n) is 31.0. The first-order chi connectivity index (χ1) is 24.1. The molecule has 11 nitrogen and oxygen atoms in total. The zero-order valence-corrected chi connectivity index (χ0v) is 31.9. The predicted octanol–water partition coefficient (Wildman–Crippen LogP) is 9.28. The van der Waals surface area contributed by atoms with E-state index in [1.165, 1.54) is 32.1 Å². The van der Waals surface area contributed by atoms with E-state index in [2.05, 4.69) is 54.8 Å². The van der Waals surface area contributed by atoms with Crippen molar-refractivity contribution in [3.63, 3.8) is 0 Å². The minimum Gasteiger partial charge on any atom is -0.480 e. The highest BCUT2D eigenvalue weighted by molar-refractivity contribution is 7.47. The fourth-order valence-electron chi connectivity index (χ4n) is 4.78. The molecule has 0 bridgehead atoms. The number of carbonyl (C=O) groups excluding carboxylic acids is 2. The zero-order chi connectivity index (χ0) is 37.1. The number of hydrogen-bond donors (Lipinski definition) is 3. The lowest BCUT2D eigenvalue weighted by Gasteiger charge is -2.20. The van der Waals surface area contributed by atoms with Gasteiger partial charge in [-0.15, -0.1) is 0 Å². The van der Waals surface area contributed by atoms with Gasteiger partial charge in [0.05, 0.1) is 13.2 Å². The molecular formula is C38H68NO10P.